The number of benzene rings is 1. The summed E-state index contributed by atoms with van der Waals surface area (Å²) in [6, 6.07) is 4.64. The Hall–Kier alpha value is -1.92. The number of nitrogens with one attached hydrogen (secondary N) is 1. The highest BCUT2D eigenvalue weighted by molar-refractivity contribution is 5.96. The second kappa shape index (κ2) is 6.49. The van der Waals surface area contributed by atoms with Crippen molar-refractivity contribution in [2.24, 2.45) is 0 Å². The number of amides is 1. The third kappa shape index (κ3) is 3.55. The molecule has 0 radical (unpaired) electrons. The second-order valence-electron chi connectivity index (χ2n) is 4.65. The molecule has 0 saturated carbocycles. The minimum Gasteiger partial charge on any atom is -0.478 e. The van der Waals surface area contributed by atoms with Gasteiger partial charge in [0.25, 0.3) is 5.91 Å². The molecular weight excluding hydrogens is 262 g/mol. The van der Waals surface area contributed by atoms with Gasteiger partial charge in [-0.1, -0.05) is 0 Å². The fourth-order valence-corrected chi connectivity index (χ4v) is 2.14. The highest BCUT2D eigenvalue weighted by Crippen LogP contribution is 2.19. The zero-order chi connectivity index (χ0) is 14.5. The standard InChI is InChI=1S/C14H17NO5/c1-19-8-9-5-10(14(17)18)7-11(6-9)15-13(16)12-3-2-4-20-12/h5-7,12H,2-4,8H2,1H3,(H,15,16)(H,17,18)/t12-/m0/s1. The van der Waals surface area contributed by atoms with Gasteiger partial charge >= 0.3 is 5.97 Å². The summed E-state index contributed by atoms with van der Waals surface area (Å²) >= 11 is 0. The lowest BCUT2D eigenvalue weighted by atomic mass is 10.1. The molecule has 108 valence electrons. The Morgan fingerprint density at radius 1 is 1.45 bits per heavy atom. The number of ether oxygens (including phenoxy) is 2. The summed E-state index contributed by atoms with van der Waals surface area (Å²) in [7, 11) is 1.53. The van der Waals surface area contributed by atoms with E-state index in [-0.39, 0.29) is 18.1 Å². The lowest BCUT2D eigenvalue weighted by molar-refractivity contribution is -0.124. The Kier molecular flexibility index (Phi) is 4.70. The van der Waals surface area contributed by atoms with Crippen LogP contribution >= 0.6 is 0 Å². The molecule has 20 heavy (non-hydrogen) atoms. The molecule has 1 aliphatic rings. The van der Waals surface area contributed by atoms with Gasteiger partial charge in [0.15, 0.2) is 0 Å². The molecule has 0 aromatic heterocycles. The third-order valence-corrected chi connectivity index (χ3v) is 3.04. The van der Waals surface area contributed by atoms with Crippen LogP contribution in [0, 0.1) is 0 Å². The van der Waals surface area contributed by atoms with E-state index >= 15 is 0 Å². The zero-order valence-electron chi connectivity index (χ0n) is 11.2. The van der Waals surface area contributed by atoms with Gasteiger partial charge in [0.1, 0.15) is 6.10 Å². The van der Waals surface area contributed by atoms with E-state index < -0.39 is 12.1 Å². The molecule has 6 heteroatoms. The fourth-order valence-electron chi connectivity index (χ4n) is 2.14. The van der Waals surface area contributed by atoms with E-state index in [0.717, 1.165) is 6.42 Å². The minimum absolute atomic E-state index is 0.113. The maximum absolute atomic E-state index is 12.0. The largest absolute Gasteiger partial charge is 0.478 e. The molecule has 0 spiro atoms. The van der Waals surface area contributed by atoms with Crippen molar-refractivity contribution in [2.75, 3.05) is 19.0 Å². The van der Waals surface area contributed by atoms with Gasteiger partial charge in [-0.15, -0.1) is 0 Å². The van der Waals surface area contributed by atoms with Crippen molar-refractivity contribution < 1.29 is 24.2 Å². The molecule has 6 nitrogen and oxygen atoms in total. The normalized spacial score (nSPS) is 17.9. The van der Waals surface area contributed by atoms with Crippen LogP contribution in [0.1, 0.15) is 28.8 Å². The van der Waals surface area contributed by atoms with Gasteiger partial charge in [-0.3, -0.25) is 4.79 Å². The number of carboxylic acids is 1. The topological polar surface area (TPSA) is 84.9 Å². The van der Waals surface area contributed by atoms with Gasteiger partial charge in [0.05, 0.1) is 12.2 Å². The first-order valence-electron chi connectivity index (χ1n) is 6.39. The number of aromatic carboxylic acids is 1. The number of anilines is 1. The summed E-state index contributed by atoms with van der Waals surface area (Å²) in [6.45, 7) is 0.867. The lowest BCUT2D eigenvalue weighted by Crippen LogP contribution is -2.27. The highest BCUT2D eigenvalue weighted by Gasteiger charge is 2.23. The second-order valence-corrected chi connectivity index (χ2v) is 4.65. The molecule has 2 N–H and O–H groups in total. The van der Waals surface area contributed by atoms with Crippen molar-refractivity contribution in [3.05, 3.63) is 29.3 Å². The van der Waals surface area contributed by atoms with Gasteiger partial charge in [0, 0.05) is 19.4 Å². The van der Waals surface area contributed by atoms with Crippen LogP contribution in [-0.4, -0.2) is 36.8 Å². The van der Waals surface area contributed by atoms with Crippen LogP contribution in [0.3, 0.4) is 0 Å². The van der Waals surface area contributed by atoms with Crippen molar-refractivity contribution >= 4 is 17.6 Å². The smallest absolute Gasteiger partial charge is 0.335 e. The molecule has 1 heterocycles. The molecule has 1 aromatic carbocycles. The Morgan fingerprint density at radius 2 is 2.25 bits per heavy atom. The number of rotatable bonds is 5. The molecule has 0 bridgehead atoms. The van der Waals surface area contributed by atoms with E-state index in [0.29, 0.717) is 24.3 Å². The molecule has 1 aromatic rings. The molecule has 2 rings (SSSR count). The van der Waals surface area contributed by atoms with Gasteiger partial charge in [-0.05, 0) is 36.6 Å². The van der Waals surface area contributed by atoms with Crippen molar-refractivity contribution in [2.45, 2.75) is 25.6 Å². The van der Waals surface area contributed by atoms with E-state index in [9.17, 15) is 9.59 Å². The van der Waals surface area contributed by atoms with E-state index in [4.69, 9.17) is 14.6 Å². The number of carboxylic acid groups (broad SMARTS) is 1. The minimum atomic E-state index is -1.05. The van der Waals surface area contributed by atoms with Gasteiger partial charge in [0.2, 0.25) is 0 Å². The summed E-state index contributed by atoms with van der Waals surface area (Å²) in [5.41, 5.74) is 1.25. The average Bonchev–Trinajstić information content (AvgIpc) is 2.92. The average molecular weight is 279 g/mol. The van der Waals surface area contributed by atoms with Crippen LogP contribution in [-0.2, 0) is 20.9 Å². The maximum atomic E-state index is 12.0. The SMILES string of the molecule is COCc1cc(NC(=O)[C@@H]2CCCO2)cc(C(=O)O)c1. The molecule has 0 aliphatic carbocycles. The molecule has 1 atom stereocenters. The van der Waals surface area contributed by atoms with Gasteiger partial charge < -0.3 is 19.9 Å². The van der Waals surface area contributed by atoms with Crippen LogP contribution in [0.15, 0.2) is 18.2 Å². The quantitative estimate of drug-likeness (QED) is 0.856. The zero-order valence-corrected chi connectivity index (χ0v) is 11.2. The van der Waals surface area contributed by atoms with Crippen LogP contribution < -0.4 is 5.32 Å². The first-order valence-corrected chi connectivity index (χ1v) is 6.39. The van der Waals surface area contributed by atoms with Crippen molar-refractivity contribution in [1.82, 2.24) is 0 Å². The monoisotopic (exact) mass is 279 g/mol. The Morgan fingerprint density at radius 3 is 2.85 bits per heavy atom. The summed E-state index contributed by atoms with van der Waals surface area (Å²) in [4.78, 5) is 23.0. The van der Waals surface area contributed by atoms with Crippen LogP contribution in [0.2, 0.25) is 0 Å². The van der Waals surface area contributed by atoms with E-state index in [1.807, 2.05) is 0 Å². The van der Waals surface area contributed by atoms with Crippen molar-refractivity contribution in [3.63, 3.8) is 0 Å². The van der Waals surface area contributed by atoms with Crippen LogP contribution in [0.5, 0.6) is 0 Å². The molecule has 1 fully saturated rings. The number of methoxy groups -OCH3 is 1. The number of hydrogen-bond donors (Lipinski definition) is 2. The van der Waals surface area contributed by atoms with Gasteiger partial charge in [-0.2, -0.15) is 0 Å². The Labute approximate surface area is 116 Å². The molecule has 1 amide bonds. The molecular formula is C14H17NO5. The van der Waals surface area contributed by atoms with E-state index in [2.05, 4.69) is 5.32 Å². The van der Waals surface area contributed by atoms with Crippen LogP contribution in [0.25, 0.3) is 0 Å². The summed E-state index contributed by atoms with van der Waals surface area (Å²) in [6.07, 6.45) is 1.10. The first-order chi connectivity index (χ1) is 9.60. The summed E-state index contributed by atoms with van der Waals surface area (Å²) in [5, 5.41) is 11.8. The predicted molar refractivity (Wildman–Crippen MR) is 71.7 cm³/mol. The van der Waals surface area contributed by atoms with Gasteiger partial charge in [-0.25, -0.2) is 4.79 Å². The molecule has 1 aliphatic heterocycles. The lowest BCUT2D eigenvalue weighted by Gasteiger charge is -2.12. The fraction of sp³-hybridized carbons (Fsp3) is 0.429. The Balaban J connectivity index is 2.16. The van der Waals surface area contributed by atoms with Crippen molar-refractivity contribution in [3.8, 4) is 0 Å². The van der Waals surface area contributed by atoms with E-state index in [1.165, 1.54) is 19.2 Å². The molecule has 0 unspecified atom stereocenters. The van der Waals surface area contributed by atoms with Crippen LogP contribution in [0.4, 0.5) is 5.69 Å². The first kappa shape index (κ1) is 14.5. The van der Waals surface area contributed by atoms with E-state index in [1.54, 1.807) is 6.07 Å². The summed E-state index contributed by atoms with van der Waals surface area (Å²) < 4.78 is 10.3. The number of carbonyl (C=O) groups is 2. The maximum Gasteiger partial charge on any atom is 0.335 e. The number of hydrogen-bond acceptors (Lipinski definition) is 4. The highest BCUT2D eigenvalue weighted by atomic mass is 16.5. The Bertz CT molecular complexity index is 508. The third-order valence-electron chi connectivity index (χ3n) is 3.04. The number of carbonyl (C=O) groups excluding carboxylic acids is 1. The predicted octanol–water partition coefficient (Wildman–Crippen LogP) is 1.65. The van der Waals surface area contributed by atoms with Crippen molar-refractivity contribution in [1.29, 1.82) is 0 Å². The molecule has 1 saturated heterocycles. The summed E-state index contributed by atoms with van der Waals surface area (Å²) in [5.74, 6) is -1.29.